The van der Waals surface area contributed by atoms with Crippen LogP contribution in [0.25, 0.3) is 10.9 Å². The summed E-state index contributed by atoms with van der Waals surface area (Å²) in [6.07, 6.45) is 1.88. The molecule has 2 aromatic carbocycles. The van der Waals surface area contributed by atoms with E-state index in [-0.39, 0.29) is 30.4 Å². The molecule has 4 rings (SSSR count). The van der Waals surface area contributed by atoms with Gasteiger partial charge in [-0.3, -0.25) is 9.69 Å². The van der Waals surface area contributed by atoms with Crippen LogP contribution in [0, 0.1) is 5.82 Å². The lowest BCUT2D eigenvalue weighted by Crippen LogP contribution is -2.58. The molecule has 29 heavy (non-hydrogen) atoms. The molecule has 1 amide bonds. The summed E-state index contributed by atoms with van der Waals surface area (Å²) in [7, 11) is 0. The Labute approximate surface area is 170 Å². The van der Waals surface area contributed by atoms with Gasteiger partial charge in [-0.15, -0.1) is 0 Å². The lowest BCUT2D eigenvalue weighted by atomic mass is 10.1. The number of fused-ring (bicyclic) bond motifs is 1. The van der Waals surface area contributed by atoms with E-state index in [9.17, 15) is 9.18 Å². The number of aromatic nitrogens is 1. The number of nitrogens with one attached hydrogen (secondary N) is 1. The highest BCUT2D eigenvalue weighted by Crippen LogP contribution is 2.21. The first-order chi connectivity index (χ1) is 14.0. The number of hydrogen-bond acceptors (Lipinski definition) is 3. The van der Waals surface area contributed by atoms with E-state index in [1.54, 1.807) is 0 Å². The molecule has 0 saturated carbocycles. The number of benzene rings is 2. The van der Waals surface area contributed by atoms with Crippen molar-refractivity contribution in [3.8, 4) is 5.75 Å². The predicted octanol–water partition coefficient (Wildman–Crippen LogP) is 3.81. The van der Waals surface area contributed by atoms with Gasteiger partial charge in [0, 0.05) is 48.8 Å². The molecule has 152 valence electrons. The number of rotatable bonds is 5. The van der Waals surface area contributed by atoms with E-state index < -0.39 is 0 Å². The van der Waals surface area contributed by atoms with E-state index in [2.05, 4.69) is 23.7 Å². The zero-order chi connectivity index (χ0) is 20.4. The molecule has 1 aliphatic rings. The highest BCUT2D eigenvalue weighted by molar-refractivity contribution is 5.81. The third-order valence-electron chi connectivity index (χ3n) is 5.62. The number of H-pyrrole nitrogens is 1. The number of carbonyl (C=O) groups excluding carboxylic acids is 1. The molecule has 0 spiro atoms. The van der Waals surface area contributed by atoms with E-state index in [0.717, 1.165) is 29.6 Å². The van der Waals surface area contributed by atoms with Gasteiger partial charge in [-0.2, -0.15) is 0 Å². The number of nitrogens with zero attached hydrogens (tertiary/aromatic N) is 2. The minimum Gasteiger partial charge on any atom is -0.484 e. The van der Waals surface area contributed by atoms with Crippen molar-refractivity contribution >= 4 is 16.8 Å². The quantitative estimate of drug-likeness (QED) is 0.715. The number of hydrogen-bond donors (Lipinski definition) is 1. The summed E-state index contributed by atoms with van der Waals surface area (Å²) in [5.41, 5.74) is 2.12. The average molecular weight is 395 g/mol. The second-order valence-electron chi connectivity index (χ2n) is 7.82. The SMILES string of the molecule is C[C@@H]1CN(C(=O)COc2ccc3[nH]ccc3c2)[C@@H](C)CN1Cc1ccc(F)cc1. The number of ether oxygens (including phenoxy) is 1. The molecule has 0 aliphatic carbocycles. The summed E-state index contributed by atoms with van der Waals surface area (Å²) in [4.78, 5) is 20.2. The van der Waals surface area contributed by atoms with Crippen molar-refractivity contribution in [2.24, 2.45) is 0 Å². The van der Waals surface area contributed by atoms with E-state index in [1.165, 1.54) is 12.1 Å². The summed E-state index contributed by atoms with van der Waals surface area (Å²) >= 11 is 0. The van der Waals surface area contributed by atoms with Crippen LogP contribution in [0.5, 0.6) is 5.75 Å². The molecular formula is C23H26FN3O2. The van der Waals surface area contributed by atoms with Crippen LogP contribution >= 0.6 is 0 Å². The van der Waals surface area contributed by atoms with Gasteiger partial charge < -0.3 is 14.6 Å². The highest BCUT2D eigenvalue weighted by Gasteiger charge is 2.32. The lowest BCUT2D eigenvalue weighted by molar-refractivity contribution is -0.139. The van der Waals surface area contributed by atoms with Crippen LogP contribution in [-0.2, 0) is 11.3 Å². The molecule has 5 nitrogen and oxygen atoms in total. The molecule has 2 heterocycles. The van der Waals surface area contributed by atoms with Crippen molar-refractivity contribution in [2.45, 2.75) is 32.5 Å². The van der Waals surface area contributed by atoms with Crippen molar-refractivity contribution in [2.75, 3.05) is 19.7 Å². The Morgan fingerprint density at radius 1 is 1.10 bits per heavy atom. The van der Waals surface area contributed by atoms with Gasteiger partial charge in [0.15, 0.2) is 6.61 Å². The van der Waals surface area contributed by atoms with Gasteiger partial charge in [0.2, 0.25) is 0 Å². The van der Waals surface area contributed by atoms with Gasteiger partial charge in [-0.05, 0) is 55.8 Å². The van der Waals surface area contributed by atoms with E-state index in [0.29, 0.717) is 12.3 Å². The first kappa shape index (κ1) is 19.5. The fourth-order valence-corrected chi connectivity index (χ4v) is 3.94. The maximum atomic E-state index is 13.1. The molecular weight excluding hydrogens is 369 g/mol. The standard InChI is InChI=1S/C23H26FN3O2/c1-16-13-27(17(2)12-26(16)14-18-3-5-20(24)6-4-18)23(28)15-29-21-7-8-22-19(11-21)9-10-25-22/h3-11,16-17,25H,12-15H2,1-2H3/t16-,17+/m1/s1. The summed E-state index contributed by atoms with van der Waals surface area (Å²) in [6.45, 7) is 6.40. The predicted molar refractivity (Wildman–Crippen MR) is 111 cm³/mol. The fraction of sp³-hybridized carbons (Fsp3) is 0.348. The molecule has 1 fully saturated rings. The van der Waals surface area contributed by atoms with Crippen LogP contribution in [0.15, 0.2) is 54.7 Å². The largest absolute Gasteiger partial charge is 0.484 e. The van der Waals surface area contributed by atoms with Crippen LogP contribution in [0.2, 0.25) is 0 Å². The van der Waals surface area contributed by atoms with E-state index in [1.807, 2.05) is 47.5 Å². The first-order valence-electron chi connectivity index (χ1n) is 9.97. The van der Waals surface area contributed by atoms with Crippen LogP contribution in [-0.4, -0.2) is 52.5 Å². The Kier molecular flexibility index (Phi) is 5.53. The number of amides is 1. The topological polar surface area (TPSA) is 48.6 Å². The van der Waals surface area contributed by atoms with Crippen LogP contribution in [0.4, 0.5) is 4.39 Å². The smallest absolute Gasteiger partial charge is 0.260 e. The van der Waals surface area contributed by atoms with E-state index >= 15 is 0 Å². The van der Waals surface area contributed by atoms with Gasteiger partial charge in [0.05, 0.1) is 0 Å². The Morgan fingerprint density at radius 2 is 1.90 bits per heavy atom. The number of halogens is 1. The van der Waals surface area contributed by atoms with E-state index in [4.69, 9.17) is 4.74 Å². The molecule has 2 atom stereocenters. The van der Waals surface area contributed by atoms with Gasteiger partial charge in [0.1, 0.15) is 11.6 Å². The van der Waals surface area contributed by atoms with Crippen LogP contribution < -0.4 is 4.74 Å². The normalized spacial score (nSPS) is 20.2. The summed E-state index contributed by atoms with van der Waals surface area (Å²) in [6, 6.07) is 14.7. The van der Waals surface area contributed by atoms with Crippen molar-refractivity contribution in [1.82, 2.24) is 14.8 Å². The molecule has 1 aromatic heterocycles. The summed E-state index contributed by atoms with van der Waals surface area (Å²) < 4.78 is 18.9. The summed E-state index contributed by atoms with van der Waals surface area (Å²) in [5.74, 6) is 0.474. The summed E-state index contributed by atoms with van der Waals surface area (Å²) in [5, 5.41) is 1.06. The highest BCUT2D eigenvalue weighted by atomic mass is 19.1. The molecule has 1 saturated heterocycles. The number of carbonyl (C=O) groups is 1. The Balaban J connectivity index is 1.34. The minimum atomic E-state index is -0.221. The average Bonchev–Trinajstić information content (AvgIpc) is 3.18. The molecule has 3 aromatic rings. The van der Waals surface area contributed by atoms with Gasteiger partial charge in [-0.25, -0.2) is 4.39 Å². The van der Waals surface area contributed by atoms with Crippen molar-refractivity contribution in [3.63, 3.8) is 0 Å². The lowest BCUT2D eigenvalue weighted by Gasteiger charge is -2.44. The zero-order valence-electron chi connectivity index (χ0n) is 16.8. The number of aromatic amines is 1. The zero-order valence-corrected chi connectivity index (χ0v) is 16.8. The second-order valence-corrected chi connectivity index (χ2v) is 7.82. The van der Waals surface area contributed by atoms with Crippen LogP contribution in [0.3, 0.4) is 0 Å². The van der Waals surface area contributed by atoms with Gasteiger partial charge in [-0.1, -0.05) is 12.1 Å². The molecule has 0 radical (unpaired) electrons. The Bertz CT molecular complexity index is 985. The van der Waals surface area contributed by atoms with Crippen molar-refractivity contribution in [3.05, 3.63) is 66.1 Å². The molecule has 1 N–H and O–H groups in total. The molecule has 0 bridgehead atoms. The first-order valence-corrected chi connectivity index (χ1v) is 9.97. The third kappa shape index (κ3) is 4.43. The second kappa shape index (κ2) is 8.25. The van der Waals surface area contributed by atoms with Gasteiger partial charge >= 0.3 is 0 Å². The fourth-order valence-electron chi connectivity index (χ4n) is 3.94. The molecule has 1 aliphatic heterocycles. The minimum absolute atomic E-state index is 0.0000484. The number of piperazine rings is 1. The third-order valence-corrected chi connectivity index (χ3v) is 5.62. The molecule has 6 heteroatoms. The maximum Gasteiger partial charge on any atom is 0.260 e. The van der Waals surface area contributed by atoms with Crippen molar-refractivity contribution in [1.29, 1.82) is 0 Å². The Hall–Kier alpha value is -2.86. The monoisotopic (exact) mass is 395 g/mol. The van der Waals surface area contributed by atoms with Crippen molar-refractivity contribution < 1.29 is 13.9 Å². The van der Waals surface area contributed by atoms with Crippen LogP contribution in [0.1, 0.15) is 19.4 Å². The maximum absolute atomic E-state index is 13.1. The molecule has 0 unspecified atom stereocenters. The van der Waals surface area contributed by atoms with Gasteiger partial charge in [0.25, 0.3) is 5.91 Å². The Morgan fingerprint density at radius 3 is 2.69 bits per heavy atom.